The molecular formula is C11H16N4O. The molecule has 1 aliphatic heterocycles. The highest BCUT2D eigenvalue weighted by Crippen LogP contribution is 2.39. The Balaban J connectivity index is 1.61. The van der Waals surface area contributed by atoms with Crippen LogP contribution in [0.1, 0.15) is 30.9 Å². The molecule has 5 nitrogen and oxygen atoms in total. The highest BCUT2D eigenvalue weighted by atomic mass is 16.2. The molecule has 1 aromatic rings. The van der Waals surface area contributed by atoms with Gasteiger partial charge in [-0.2, -0.15) is 5.10 Å². The van der Waals surface area contributed by atoms with Crippen molar-refractivity contribution in [1.29, 1.82) is 0 Å². The number of carbonyl (C=O) groups excluding carboxylic acids is 1. The maximum Gasteiger partial charge on any atom is 0.229 e. The van der Waals surface area contributed by atoms with Crippen LogP contribution in [0.25, 0.3) is 0 Å². The van der Waals surface area contributed by atoms with Crippen molar-refractivity contribution in [2.75, 3.05) is 18.4 Å². The molecule has 2 aliphatic rings. The maximum absolute atomic E-state index is 11.8. The lowest BCUT2D eigenvalue weighted by molar-refractivity contribution is -0.119. The van der Waals surface area contributed by atoms with Crippen molar-refractivity contribution in [2.45, 2.75) is 25.2 Å². The minimum absolute atomic E-state index is 0.0935. The van der Waals surface area contributed by atoms with Crippen LogP contribution in [0.4, 0.5) is 5.82 Å². The van der Waals surface area contributed by atoms with Gasteiger partial charge in [-0.05, 0) is 25.8 Å². The second-order valence-corrected chi connectivity index (χ2v) is 4.66. The van der Waals surface area contributed by atoms with E-state index in [-0.39, 0.29) is 11.8 Å². The van der Waals surface area contributed by atoms with E-state index in [1.807, 2.05) is 6.07 Å². The fourth-order valence-electron chi connectivity index (χ4n) is 2.10. The summed E-state index contributed by atoms with van der Waals surface area (Å²) in [5, 5.41) is 13.2. The molecule has 0 spiro atoms. The van der Waals surface area contributed by atoms with Crippen molar-refractivity contribution in [3.8, 4) is 0 Å². The minimum Gasteiger partial charge on any atom is -0.316 e. The van der Waals surface area contributed by atoms with Gasteiger partial charge in [-0.3, -0.25) is 9.89 Å². The standard InChI is InChI=1S/C11H16N4O/c16-11(8-3-4-12-6-8)13-10-5-9(14-15-10)7-1-2-7/h5,7-8,12H,1-4,6H2,(H2,13,14,15,16). The van der Waals surface area contributed by atoms with Crippen LogP contribution >= 0.6 is 0 Å². The first-order valence-electron chi connectivity index (χ1n) is 5.90. The molecular weight excluding hydrogens is 204 g/mol. The van der Waals surface area contributed by atoms with Crippen molar-refractivity contribution < 1.29 is 4.79 Å². The Bertz CT molecular complexity index is 390. The SMILES string of the molecule is O=C(Nc1cc(C2CC2)n[nH]1)C1CCNC1. The summed E-state index contributed by atoms with van der Waals surface area (Å²) >= 11 is 0. The van der Waals surface area contributed by atoms with Crippen LogP contribution in [0, 0.1) is 5.92 Å². The fraction of sp³-hybridized carbons (Fsp3) is 0.636. The van der Waals surface area contributed by atoms with E-state index in [1.54, 1.807) is 0 Å². The summed E-state index contributed by atoms with van der Waals surface area (Å²) in [7, 11) is 0. The first-order chi connectivity index (χ1) is 7.83. The summed E-state index contributed by atoms with van der Waals surface area (Å²) in [4.78, 5) is 11.8. The van der Waals surface area contributed by atoms with Crippen molar-refractivity contribution in [3.05, 3.63) is 11.8 Å². The molecule has 1 saturated carbocycles. The normalized spacial score (nSPS) is 24.6. The molecule has 1 amide bonds. The van der Waals surface area contributed by atoms with Gasteiger partial charge in [0.25, 0.3) is 0 Å². The predicted octanol–water partition coefficient (Wildman–Crippen LogP) is 0.835. The van der Waals surface area contributed by atoms with Gasteiger partial charge in [-0.15, -0.1) is 0 Å². The van der Waals surface area contributed by atoms with Crippen molar-refractivity contribution in [1.82, 2.24) is 15.5 Å². The Kier molecular flexibility index (Phi) is 2.40. The van der Waals surface area contributed by atoms with Gasteiger partial charge in [-0.25, -0.2) is 0 Å². The molecule has 3 rings (SSSR count). The van der Waals surface area contributed by atoms with Crippen LogP contribution in [0.5, 0.6) is 0 Å². The molecule has 0 aromatic carbocycles. The number of anilines is 1. The molecule has 1 aromatic heterocycles. The van der Waals surface area contributed by atoms with Gasteiger partial charge in [0.2, 0.25) is 5.91 Å². The fourth-order valence-corrected chi connectivity index (χ4v) is 2.10. The molecule has 16 heavy (non-hydrogen) atoms. The van der Waals surface area contributed by atoms with Crippen LogP contribution in [0.3, 0.4) is 0 Å². The van der Waals surface area contributed by atoms with Crippen LogP contribution < -0.4 is 10.6 Å². The van der Waals surface area contributed by atoms with Crippen molar-refractivity contribution >= 4 is 11.7 Å². The number of H-pyrrole nitrogens is 1. The number of nitrogens with one attached hydrogen (secondary N) is 3. The van der Waals surface area contributed by atoms with Crippen LogP contribution in [0.15, 0.2) is 6.07 Å². The number of rotatable bonds is 3. The first kappa shape index (κ1) is 9.84. The minimum atomic E-state index is 0.0935. The molecule has 1 unspecified atom stereocenters. The largest absolute Gasteiger partial charge is 0.316 e. The molecule has 3 N–H and O–H groups in total. The molecule has 1 aliphatic carbocycles. The van der Waals surface area contributed by atoms with Gasteiger partial charge < -0.3 is 10.6 Å². The quantitative estimate of drug-likeness (QED) is 0.706. The summed E-state index contributed by atoms with van der Waals surface area (Å²) in [6, 6.07) is 1.96. The van der Waals surface area contributed by atoms with Crippen LogP contribution in [-0.4, -0.2) is 29.2 Å². The highest BCUT2D eigenvalue weighted by Gasteiger charge is 2.27. The zero-order valence-corrected chi connectivity index (χ0v) is 9.12. The molecule has 0 bridgehead atoms. The molecule has 5 heteroatoms. The average molecular weight is 220 g/mol. The van der Waals surface area contributed by atoms with Gasteiger partial charge in [0.05, 0.1) is 11.6 Å². The third kappa shape index (κ3) is 1.95. The number of hydrogen-bond acceptors (Lipinski definition) is 3. The van der Waals surface area contributed by atoms with E-state index in [0.29, 0.717) is 5.92 Å². The maximum atomic E-state index is 11.8. The zero-order valence-electron chi connectivity index (χ0n) is 9.12. The van der Waals surface area contributed by atoms with Gasteiger partial charge in [0.15, 0.2) is 0 Å². The second-order valence-electron chi connectivity index (χ2n) is 4.66. The van der Waals surface area contributed by atoms with Crippen LogP contribution in [-0.2, 0) is 4.79 Å². The molecule has 86 valence electrons. The van der Waals surface area contributed by atoms with Crippen molar-refractivity contribution in [2.24, 2.45) is 5.92 Å². The molecule has 1 saturated heterocycles. The van der Waals surface area contributed by atoms with E-state index in [1.165, 1.54) is 12.8 Å². The first-order valence-corrected chi connectivity index (χ1v) is 5.90. The Morgan fingerprint density at radius 2 is 2.31 bits per heavy atom. The van der Waals surface area contributed by atoms with E-state index < -0.39 is 0 Å². The molecule has 2 fully saturated rings. The average Bonchev–Trinajstić information content (AvgIpc) is 2.82. The smallest absolute Gasteiger partial charge is 0.229 e. The van der Waals surface area contributed by atoms with E-state index in [4.69, 9.17) is 0 Å². The lowest BCUT2D eigenvalue weighted by Gasteiger charge is -2.07. The Labute approximate surface area is 94.0 Å². The predicted molar refractivity (Wildman–Crippen MR) is 60.2 cm³/mol. The van der Waals surface area contributed by atoms with Gasteiger partial charge in [0.1, 0.15) is 5.82 Å². The molecule has 1 atom stereocenters. The summed E-state index contributed by atoms with van der Waals surface area (Å²) in [6.07, 6.45) is 3.38. The van der Waals surface area contributed by atoms with Gasteiger partial charge >= 0.3 is 0 Å². The third-order valence-electron chi connectivity index (χ3n) is 3.28. The Morgan fingerprint density at radius 3 is 3.00 bits per heavy atom. The molecule has 2 heterocycles. The van der Waals surface area contributed by atoms with Gasteiger partial charge in [-0.1, -0.05) is 0 Å². The van der Waals surface area contributed by atoms with E-state index in [2.05, 4.69) is 20.8 Å². The highest BCUT2D eigenvalue weighted by molar-refractivity contribution is 5.92. The number of nitrogens with zero attached hydrogens (tertiary/aromatic N) is 1. The number of hydrogen-bond donors (Lipinski definition) is 3. The molecule has 0 radical (unpaired) electrons. The Morgan fingerprint density at radius 1 is 1.44 bits per heavy atom. The summed E-state index contributed by atoms with van der Waals surface area (Å²) in [6.45, 7) is 1.73. The topological polar surface area (TPSA) is 69.8 Å². The second kappa shape index (κ2) is 3.90. The summed E-state index contributed by atoms with van der Waals surface area (Å²) < 4.78 is 0. The van der Waals surface area contributed by atoms with E-state index in [9.17, 15) is 4.79 Å². The lowest BCUT2D eigenvalue weighted by atomic mass is 10.1. The van der Waals surface area contributed by atoms with E-state index >= 15 is 0 Å². The number of amides is 1. The third-order valence-corrected chi connectivity index (χ3v) is 3.28. The Hall–Kier alpha value is -1.36. The number of aromatic amines is 1. The van der Waals surface area contributed by atoms with Crippen molar-refractivity contribution in [3.63, 3.8) is 0 Å². The zero-order chi connectivity index (χ0) is 11.0. The van der Waals surface area contributed by atoms with E-state index in [0.717, 1.165) is 31.0 Å². The van der Waals surface area contributed by atoms with Gasteiger partial charge in [0, 0.05) is 18.5 Å². The van der Waals surface area contributed by atoms with Crippen LogP contribution in [0.2, 0.25) is 0 Å². The number of aromatic nitrogens is 2. The number of carbonyl (C=O) groups is 1. The summed E-state index contributed by atoms with van der Waals surface area (Å²) in [5.41, 5.74) is 1.08. The lowest BCUT2D eigenvalue weighted by Crippen LogP contribution is -2.24. The monoisotopic (exact) mass is 220 g/mol. The summed E-state index contributed by atoms with van der Waals surface area (Å²) in [5.74, 6) is 1.55.